The number of ether oxygens (including phenoxy) is 1. The zero-order valence-corrected chi connectivity index (χ0v) is 18.7. The van der Waals surface area contributed by atoms with Gasteiger partial charge in [0.25, 0.3) is 5.56 Å². The van der Waals surface area contributed by atoms with Crippen LogP contribution >= 0.6 is 0 Å². The molecule has 1 aliphatic heterocycles. The molecule has 5 heteroatoms. The van der Waals surface area contributed by atoms with E-state index >= 15 is 0 Å². The Morgan fingerprint density at radius 2 is 1.56 bits per heavy atom. The van der Waals surface area contributed by atoms with E-state index in [0.29, 0.717) is 12.5 Å². The second-order valence-corrected chi connectivity index (χ2v) is 8.46. The van der Waals surface area contributed by atoms with Crippen LogP contribution in [0.3, 0.4) is 0 Å². The summed E-state index contributed by atoms with van der Waals surface area (Å²) in [5, 5.41) is 0. The number of aromatic nitrogens is 1. The first-order chi connectivity index (χ1) is 15.5. The molecule has 1 saturated heterocycles. The summed E-state index contributed by atoms with van der Waals surface area (Å²) in [6.07, 6.45) is 0. The number of nitrogens with zero attached hydrogens (tertiary/aromatic N) is 2. The maximum absolute atomic E-state index is 12.9. The van der Waals surface area contributed by atoms with Crippen LogP contribution in [0.15, 0.2) is 77.6 Å². The van der Waals surface area contributed by atoms with Crippen molar-refractivity contribution in [3.8, 4) is 0 Å². The van der Waals surface area contributed by atoms with E-state index in [4.69, 9.17) is 4.74 Å². The van der Waals surface area contributed by atoms with Crippen LogP contribution < -0.4 is 5.56 Å². The Kier molecular flexibility index (Phi) is 6.86. The predicted octanol–water partition coefficient (Wildman–Crippen LogP) is 4.10. The molecule has 1 fully saturated rings. The Bertz CT molecular complexity index is 1110. The van der Waals surface area contributed by atoms with Crippen molar-refractivity contribution in [1.29, 1.82) is 0 Å². The molecule has 32 heavy (non-hydrogen) atoms. The average molecular weight is 431 g/mol. The minimum absolute atomic E-state index is 0.0499. The summed E-state index contributed by atoms with van der Waals surface area (Å²) >= 11 is 0. The quantitative estimate of drug-likeness (QED) is 0.530. The number of carbonyl (C=O) groups is 1. The molecule has 0 spiro atoms. The van der Waals surface area contributed by atoms with Gasteiger partial charge >= 0.3 is 5.97 Å². The van der Waals surface area contributed by atoms with E-state index < -0.39 is 0 Å². The number of aryl methyl sites for hydroxylation is 1. The predicted molar refractivity (Wildman–Crippen MR) is 126 cm³/mol. The van der Waals surface area contributed by atoms with E-state index in [1.165, 1.54) is 15.7 Å². The van der Waals surface area contributed by atoms with Crippen LogP contribution in [0.2, 0.25) is 0 Å². The van der Waals surface area contributed by atoms with Gasteiger partial charge in [0.1, 0.15) is 6.54 Å². The Labute approximate surface area is 189 Å². The van der Waals surface area contributed by atoms with E-state index in [9.17, 15) is 9.59 Å². The molecule has 166 valence electrons. The lowest BCUT2D eigenvalue weighted by Crippen LogP contribution is -2.28. The molecular formula is C27H30N2O3. The third-order valence-corrected chi connectivity index (χ3v) is 6.25. The first-order valence-corrected chi connectivity index (χ1v) is 11.2. The summed E-state index contributed by atoms with van der Waals surface area (Å²) in [7, 11) is 0. The van der Waals surface area contributed by atoms with Crippen molar-refractivity contribution in [2.45, 2.75) is 38.8 Å². The molecule has 1 aliphatic rings. The largest absolute Gasteiger partial charge is 0.465 e. The fourth-order valence-corrected chi connectivity index (χ4v) is 4.74. The Morgan fingerprint density at radius 3 is 2.19 bits per heavy atom. The van der Waals surface area contributed by atoms with Crippen molar-refractivity contribution < 1.29 is 9.53 Å². The van der Waals surface area contributed by atoms with Crippen molar-refractivity contribution in [3.05, 3.63) is 106 Å². The van der Waals surface area contributed by atoms with Crippen molar-refractivity contribution in [2.75, 3.05) is 19.7 Å². The van der Waals surface area contributed by atoms with E-state index in [-0.39, 0.29) is 24.0 Å². The molecule has 0 saturated carbocycles. The minimum Gasteiger partial charge on any atom is -0.465 e. The zero-order chi connectivity index (χ0) is 22.5. The van der Waals surface area contributed by atoms with Crippen LogP contribution in [0.25, 0.3) is 0 Å². The van der Waals surface area contributed by atoms with Gasteiger partial charge in [-0.1, -0.05) is 60.7 Å². The normalized spacial score (nSPS) is 18.6. The molecule has 0 aliphatic carbocycles. The second-order valence-electron chi connectivity index (χ2n) is 8.46. The van der Waals surface area contributed by atoms with Gasteiger partial charge < -0.3 is 9.30 Å². The van der Waals surface area contributed by atoms with Crippen molar-refractivity contribution in [3.63, 3.8) is 0 Å². The molecule has 0 radical (unpaired) electrons. The van der Waals surface area contributed by atoms with Gasteiger partial charge in [-0.05, 0) is 36.6 Å². The van der Waals surface area contributed by atoms with E-state index in [2.05, 4.69) is 59.5 Å². The number of hydrogen-bond donors (Lipinski definition) is 0. The summed E-state index contributed by atoms with van der Waals surface area (Å²) in [5.41, 5.74) is 4.26. The fourth-order valence-electron chi connectivity index (χ4n) is 4.74. The molecule has 0 bridgehead atoms. The van der Waals surface area contributed by atoms with Crippen LogP contribution in [0.4, 0.5) is 0 Å². The highest BCUT2D eigenvalue weighted by Gasteiger charge is 2.35. The van der Waals surface area contributed by atoms with Gasteiger partial charge in [0.2, 0.25) is 0 Å². The molecule has 2 heterocycles. The van der Waals surface area contributed by atoms with Gasteiger partial charge in [0.05, 0.1) is 6.61 Å². The van der Waals surface area contributed by atoms with Gasteiger partial charge in [-0.3, -0.25) is 14.5 Å². The third kappa shape index (κ3) is 5.00. The SMILES string of the molecule is CCOC(=O)Cn1c(C)cc(C2CN(Cc3ccccc3)CC2c2ccccc2)cc1=O. The zero-order valence-electron chi connectivity index (χ0n) is 18.7. The Balaban J connectivity index is 1.63. The summed E-state index contributed by atoms with van der Waals surface area (Å²) in [4.78, 5) is 27.3. The maximum atomic E-state index is 12.9. The molecule has 3 aromatic rings. The molecule has 1 aromatic heterocycles. The average Bonchev–Trinajstić information content (AvgIpc) is 3.21. The lowest BCUT2D eigenvalue weighted by atomic mass is 9.84. The van der Waals surface area contributed by atoms with Crippen LogP contribution in [-0.4, -0.2) is 35.1 Å². The number of hydrogen-bond acceptors (Lipinski definition) is 4. The van der Waals surface area contributed by atoms with Crippen molar-refractivity contribution in [2.24, 2.45) is 0 Å². The molecule has 2 aromatic carbocycles. The number of carbonyl (C=O) groups excluding carboxylic acids is 1. The van der Waals surface area contributed by atoms with Crippen LogP contribution in [-0.2, 0) is 22.6 Å². The van der Waals surface area contributed by atoms with Crippen LogP contribution in [0, 0.1) is 6.92 Å². The summed E-state index contributed by atoms with van der Waals surface area (Å²) in [5.74, 6) is 0.131. The van der Waals surface area contributed by atoms with Crippen LogP contribution in [0.1, 0.15) is 41.1 Å². The summed E-state index contributed by atoms with van der Waals surface area (Å²) in [6.45, 7) is 6.62. The van der Waals surface area contributed by atoms with E-state index in [1.807, 2.05) is 19.1 Å². The number of esters is 1. The Hall–Kier alpha value is -3.18. The monoisotopic (exact) mass is 430 g/mol. The summed E-state index contributed by atoms with van der Waals surface area (Å²) in [6, 6.07) is 24.8. The number of likely N-dealkylation sites (tertiary alicyclic amines) is 1. The third-order valence-electron chi connectivity index (χ3n) is 6.25. The van der Waals surface area contributed by atoms with Gasteiger partial charge in [0, 0.05) is 43.2 Å². The lowest BCUT2D eigenvalue weighted by Gasteiger charge is -2.20. The van der Waals surface area contributed by atoms with E-state index in [0.717, 1.165) is 30.9 Å². The number of benzene rings is 2. The molecule has 0 N–H and O–H groups in total. The van der Waals surface area contributed by atoms with Gasteiger partial charge in [-0.2, -0.15) is 0 Å². The van der Waals surface area contributed by atoms with Crippen molar-refractivity contribution >= 4 is 5.97 Å². The van der Waals surface area contributed by atoms with E-state index in [1.54, 1.807) is 13.0 Å². The van der Waals surface area contributed by atoms with Gasteiger partial charge in [-0.25, -0.2) is 0 Å². The molecule has 0 amide bonds. The van der Waals surface area contributed by atoms with Gasteiger partial charge in [-0.15, -0.1) is 0 Å². The first kappa shape index (κ1) is 22.0. The number of pyridine rings is 1. The summed E-state index contributed by atoms with van der Waals surface area (Å²) < 4.78 is 6.52. The number of rotatable bonds is 7. The topological polar surface area (TPSA) is 51.5 Å². The lowest BCUT2D eigenvalue weighted by molar-refractivity contribution is -0.143. The van der Waals surface area contributed by atoms with Crippen LogP contribution in [0.5, 0.6) is 0 Å². The molecule has 2 unspecified atom stereocenters. The van der Waals surface area contributed by atoms with Gasteiger partial charge in [0.15, 0.2) is 0 Å². The standard InChI is InChI=1S/C27H30N2O3/c1-3-32-27(31)19-29-20(2)14-23(15-26(29)30)25-18-28(16-21-10-6-4-7-11-21)17-24(25)22-12-8-5-9-13-22/h4-15,24-25H,3,16-19H2,1-2H3. The fraction of sp³-hybridized carbons (Fsp3) is 0.333. The first-order valence-electron chi connectivity index (χ1n) is 11.2. The molecule has 4 rings (SSSR count). The minimum atomic E-state index is -0.387. The Morgan fingerprint density at radius 1 is 0.938 bits per heavy atom. The highest BCUT2D eigenvalue weighted by Crippen LogP contribution is 2.40. The van der Waals surface area contributed by atoms with Crippen molar-refractivity contribution in [1.82, 2.24) is 9.47 Å². The highest BCUT2D eigenvalue weighted by molar-refractivity contribution is 5.69. The molecule has 2 atom stereocenters. The highest BCUT2D eigenvalue weighted by atomic mass is 16.5. The molecule has 5 nitrogen and oxygen atoms in total. The maximum Gasteiger partial charge on any atom is 0.326 e. The second kappa shape index (κ2) is 9.96. The smallest absolute Gasteiger partial charge is 0.326 e. The molecular weight excluding hydrogens is 400 g/mol.